The molecule has 3 rings (SSSR count). The van der Waals surface area contributed by atoms with E-state index in [2.05, 4.69) is 33.8 Å². The Bertz CT molecular complexity index is 912. The van der Waals surface area contributed by atoms with Crippen molar-refractivity contribution in [2.45, 2.75) is 19.5 Å². The zero-order valence-corrected chi connectivity index (χ0v) is 17.6. The molecule has 0 unspecified atom stereocenters. The minimum Gasteiger partial charge on any atom is -0.496 e. The molecule has 0 saturated heterocycles. The fraction of sp³-hybridized carbons (Fsp3) is 0.261. The Morgan fingerprint density at radius 2 is 1.66 bits per heavy atom. The van der Waals surface area contributed by atoms with Crippen molar-refractivity contribution in [2.24, 2.45) is 0 Å². The molecule has 0 fully saturated rings. The Morgan fingerprint density at radius 3 is 2.38 bits per heavy atom. The molecule has 0 atom stereocenters. The van der Waals surface area contributed by atoms with Gasteiger partial charge in [0.25, 0.3) is 0 Å². The first kappa shape index (κ1) is 20.9. The first-order valence-corrected chi connectivity index (χ1v) is 10.4. The van der Waals surface area contributed by atoms with Crippen LogP contribution in [0.15, 0.2) is 66.0 Å². The molecule has 1 N–H and O–H groups in total. The Kier molecular flexibility index (Phi) is 7.67. The Labute approximate surface area is 175 Å². The van der Waals surface area contributed by atoms with Crippen molar-refractivity contribution >= 4 is 22.9 Å². The van der Waals surface area contributed by atoms with E-state index in [0.717, 1.165) is 17.9 Å². The van der Waals surface area contributed by atoms with E-state index in [1.807, 2.05) is 42.5 Å². The number of thiophene rings is 1. The van der Waals surface area contributed by atoms with Crippen LogP contribution in [0.5, 0.6) is 11.5 Å². The van der Waals surface area contributed by atoms with E-state index in [1.165, 1.54) is 4.88 Å². The van der Waals surface area contributed by atoms with E-state index in [0.29, 0.717) is 30.9 Å². The molecule has 29 heavy (non-hydrogen) atoms. The summed E-state index contributed by atoms with van der Waals surface area (Å²) < 4.78 is 10.8. The quantitative estimate of drug-likeness (QED) is 0.522. The van der Waals surface area contributed by atoms with Gasteiger partial charge in [-0.25, -0.2) is 0 Å². The number of methoxy groups -OCH3 is 2. The van der Waals surface area contributed by atoms with Crippen molar-refractivity contribution in [1.29, 1.82) is 0 Å². The lowest BCUT2D eigenvalue weighted by molar-refractivity contribution is -0.116. The maximum absolute atomic E-state index is 12.5. The van der Waals surface area contributed by atoms with Crippen LogP contribution in [0, 0.1) is 0 Å². The first-order chi connectivity index (χ1) is 14.2. The molecule has 2 aromatic carbocycles. The van der Waals surface area contributed by atoms with Crippen LogP contribution in [0.3, 0.4) is 0 Å². The van der Waals surface area contributed by atoms with Crippen molar-refractivity contribution in [3.63, 3.8) is 0 Å². The summed E-state index contributed by atoms with van der Waals surface area (Å²) in [5.41, 5.74) is 1.80. The van der Waals surface area contributed by atoms with E-state index >= 15 is 0 Å². The minimum atomic E-state index is -0.0364. The number of benzene rings is 2. The van der Waals surface area contributed by atoms with Gasteiger partial charge >= 0.3 is 0 Å². The molecular weight excluding hydrogens is 384 g/mol. The molecule has 0 aliphatic heterocycles. The van der Waals surface area contributed by atoms with Crippen molar-refractivity contribution in [3.8, 4) is 11.5 Å². The van der Waals surface area contributed by atoms with E-state index in [4.69, 9.17) is 9.47 Å². The Hall–Kier alpha value is -2.83. The number of rotatable bonds is 10. The second kappa shape index (κ2) is 10.6. The van der Waals surface area contributed by atoms with Crippen molar-refractivity contribution in [1.82, 2.24) is 4.90 Å². The van der Waals surface area contributed by atoms with Gasteiger partial charge in [0.05, 0.1) is 19.9 Å². The number of hydrogen-bond donors (Lipinski definition) is 1. The monoisotopic (exact) mass is 410 g/mol. The van der Waals surface area contributed by atoms with Crippen LogP contribution in [-0.2, 0) is 17.9 Å². The van der Waals surface area contributed by atoms with Crippen molar-refractivity contribution < 1.29 is 14.3 Å². The van der Waals surface area contributed by atoms with Gasteiger partial charge in [-0.1, -0.05) is 36.4 Å². The number of ether oxygens (including phenoxy) is 2. The lowest BCUT2D eigenvalue weighted by atomic mass is 10.1. The van der Waals surface area contributed by atoms with E-state index in [9.17, 15) is 4.79 Å². The Morgan fingerprint density at radius 1 is 0.931 bits per heavy atom. The molecule has 0 spiro atoms. The van der Waals surface area contributed by atoms with Gasteiger partial charge in [0.1, 0.15) is 11.5 Å². The summed E-state index contributed by atoms with van der Waals surface area (Å²) >= 11 is 1.72. The average Bonchev–Trinajstić information content (AvgIpc) is 3.26. The smallest absolute Gasteiger partial charge is 0.225 e. The van der Waals surface area contributed by atoms with Crippen molar-refractivity contribution in [3.05, 3.63) is 76.5 Å². The van der Waals surface area contributed by atoms with Gasteiger partial charge in [-0.2, -0.15) is 0 Å². The molecule has 0 aliphatic carbocycles. The molecule has 5 nitrogen and oxygen atoms in total. The van der Waals surface area contributed by atoms with Gasteiger partial charge < -0.3 is 14.8 Å². The van der Waals surface area contributed by atoms with E-state index in [-0.39, 0.29) is 5.91 Å². The van der Waals surface area contributed by atoms with Gasteiger partial charge in [-0.3, -0.25) is 9.69 Å². The molecule has 1 heterocycles. The zero-order valence-electron chi connectivity index (χ0n) is 16.8. The summed E-state index contributed by atoms with van der Waals surface area (Å²) in [6.45, 7) is 2.14. The largest absolute Gasteiger partial charge is 0.496 e. The molecule has 6 heteroatoms. The molecule has 1 aromatic heterocycles. The van der Waals surface area contributed by atoms with Gasteiger partial charge in [0.2, 0.25) is 5.91 Å². The lowest BCUT2D eigenvalue weighted by Gasteiger charge is -2.23. The average molecular weight is 411 g/mol. The third-order valence-corrected chi connectivity index (χ3v) is 5.44. The molecule has 0 aliphatic rings. The SMILES string of the molecule is COc1ccccc1CN(CCC(=O)Nc1ccccc1OC)Cc1cccs1. The van der Waals surface area contributed by atoms with E-state index < -0.39 is 0 Å². The summed E-state index contributed by atoms with van der Waals surface area (Å²) in [6, 6.07) is 19.6. The van der Waals surface area contributed by atoms with Crippen LogP contribution in [0.25, 0.3) is 0 Å². The highest BCUT2D eigenvalue weighted by atomic mass is 32.1. The van der Waals surface area contributed by atoms with Crippen LogP contribution in [0.2, 0.25) is 0 Å². The maximum Gasteiger partial charge on any atom is 0.225 e. The summed E-state index contributed by atoms with van der Waals surface area (Å²) in [5, 5.41) is 5.02. The van der Waals surface area contributed by atoms with Gasteiger partial charge in [0, 0.05) is 36.5 Å². The standard InChI is InChI=1S/C23H26N2O3S/c1-27-21-11-5-3-8-18(21)16-25(17-19-9-7-15-29-19)14-13-23(26)24-20-10-4-6-12-22(20)28-2/h3-12,15H,13-14,16-17H2,1-2H3,(H,24,26). The molecule has 0 saturated carbocycles. The fourth-order valence-electron chi connectivity index (χ4n) is 3.13. The number of carbonyl (C=O) groups is 1. The van der Waals surface area contributed by atoms with Gasteiger partial charge in [-0.15, -0.1) is 11.3 Å². The molecule has 3 aromatic rings. The lowest BCUT2D eigenvalue weighted by Crippen LogP contribution is -2.27. The fourth-order valence-corrected chi connectivity index (χ4v) is 3.88. The molecule has 152 valence electrons. The predicted molar refractivity (Wildman–Crippen MR) is 118 cm³/mol. The van der Waals surface area contributed by atoms with Crippen LogP contribution in [-0.4, -0.2) is 31.6 Å². The number of nitrogens with zero attached hydrogens (tertiary/aromatic N) is 1. The van der Waals surface area contributed by atoms with Gasteiger partial charge in [-0.05, 0) is 29.6 Å². The second-order valence-electron chi connectivity index (χ2n) is 6.60. The van der Waals surface area contributed by atoms with E-state index in [1.54, 1.807) is 25.6 Å². The highest BCUT2D eigenvalue weighted by Crippen LogP contribution is 2.24. The molecule has 1 amide bonds. The summed E-state index contributed by atoms with van der Waals surface area (Å²) in [6.07, 6.45) is 0.387. The third-order valence-electron chi connectivity index (χ3n) is 4.58. The third kappa shape index (κ3) is 6.07. The number of nitrogens with one attached hydrogen (secondary N) is 1. The number of hydrogen-bond acceptors (Lipinski definition) is 5. The minimum absolute atomic E-state index is 0.0364. The number of para-hydroxylation sites is 3. The van der Waals surface area contributed by atoms with Crippen LogP contribution in [0.4, 0.5) is 5.69 Å². The molecule has 0 bridgehead atoms. The number of carbonyl (C=O) groups excluding carboxylic acids is 1. The second-order valence-corrected chi connectivity index (χ2v) is 7.63. The zero-order chi connectivity index (χ0) is 20.5. The maximum atomic E-state index is 12.5. The highest BCUT2D eigenvalue weighted by Gasteiger charge is 2.14. The number of anilines is 1. The molecule has 0 radical (unpaired) electrons. The predicted octanol–water partition coefficient (Wildman–Crippen LogP) is 4.80. The summed E-state index contributed by atoms with van der Waals surface area (Å²) in [7, 11) is 3.28. The number of amides is 1. The topological polar surface area (TPSA) is 50.8 Å². The van der Waals surface area contributed by atoms with Crippen LogP contribution >= 0.6 is 11.3 Å². The summed E-state index contributed by atoms with van der Waals surface area (Å²) in [5.74, 6) is 1.48. The van der Waals surface area contributed by atoms with Crippen molar-refractivity contribution in [2.75, 3.05) is 26.1 Å². The van der Waals surface area contributed by atoms with Crippen LogP contribution < -0.4 is 14.8 Å². The summed E-state index contributed by atoms with van der Waals surface area (Å²) in [4.78, 5) is 16.1. The first-order valence-electron chi connectivity index (χ1n) is 9.49. The van der Waals surface area contributed by atoms with Gasteiger partial charge in [0.15, 0.2) is 0 Å². The Balaban J connectivity index is 1.65. The van der Waals surface area contributed by atoms with Crippen LogP contribution in [0.1, 0.15) is 16.9 Å². The normalized spacial score (nSPS) is 10.7. The molecular formula is C23H26N2O3S. The highest BCUT2D eigenvalue weighted by molar-refractivity contribution is 7.09.